The second-order valence-electron chi connectivity index (χ2n) is 8.24. The number of halogens is 1. The van der Waals surface area contributed by atoms with Gasteiger partial charge in [-0.1, -0.05) is 41.9 Å². The maximum atomic E-state index is 12.8. The number of benzene rings is 3. The SMILES string of the molecule is COC(=O)c1ccc(N2CCN(C(=O)c3ccccc3)CC2)c(NC(=O)C=Cc2ccc(Cl)cc2)c1. The van der Waals surface area contributed by atoms with Crippen LogP contribution >= 0.6 is 11.6 Å². The van der Waals surface area contributed by atoms with Crippen molar-refractivity contribution in [3.05, 3.63) is 101 Å². The number of carbonyl (C=O) groups is 3. The first kappa shape index (κ1) is 25.0. The van der Waals surface area contributed by atoms with Crippen LogP contribution in [-0.4, -0.2) is 56.0 Å². The highest BCUT2D eigenvalue weighted by Crippen LogP contribution is 2.29. The molecule has 8 heteroatoms. The first-order valence-corrected chi connectivity index (χ1v) is 11.9. The Morgan fingerprint density at radius 2 is 1.58 bits per heavy atom. The average molecular weight is 504 g/mol. The average Bonchev–Trinajstić information content (AvgIpc) is 2.92. The molecule has 7 nitrogen and oxygen atoms in total. The summed E-state index contributed by atoms with van der Waals surface area (Å²) in [5.41, 5.74) is 3.08. The van der Waals surface area contributed by atoms with Gasteiger partial charge in [0.1, 0.15) is 0 Å². The molecule has 0 unspecified atom stereocenters. The number of nitrogens with zero attached hydrogens (tertiary/aromatic N) is 2. The Balaban J connectivity index is 1.49. The van der Waals surface area contributed by atoms with Crippen LogP contribution in [0.5, 0.6) is 0 Å². The number of hydrogen-bond donors (Lipinski definition) is 1. The minimum absolute atomic E-state index is 0.00264. The Morgan fingerprint density at radius 1 is 0.889 bits per heavy atom. The van der Waals surface area contributed by atoms with Gasteiger partial charge < -0.3 is 19.9 Å². The minimum Gasteiger partial charge on any atom is -0.465 e. The minimum atomic E-state index is -0.493. The predicted octanol–water partition coefficient (Wildman–Crippen LogP) is 4.74. The zero-order valence-electron chi connectivity index (χ0n) is 19.8. The summed E-state index contributed by atoms with van der Waals surface area (Å²) < 4.78 is 4.84. The summed E-state index contributed by atoms with van der Waals surface area (Å²) in [4.78, 5) is 41.5. The van der Waals surface area contributed by atoms with Gasteiger partial charge in [-0.05, 0) is 54.1 Å². The summed E-state index contributed by atoms with van der Waals surface area (Å²) in [5, 5.41) is 3.50. The van der Waals surface area contributed by atoms with Crippen molar-refractivity contribution in [2.24, 2.45) is 0 Å². The van der Waals surface area contributed by atoms with Crippen LogP contribution in [0.4, 0.5) is 11.4 Å². The normalized spacial score (nSPS) is 13.5. The third kappa shape index (κ3) is 6.12. The van der Waals surface area contributed by atoms with Crippen molar-refractivity contribution in [2.75, 3.05) is 43.5 Å². The first-order chi connectivity index (χ1) is 17.4. The predicted molar refractivity (Wildman–Crippen MR) is 141 cm³/mol. The van der Waals surface area contributed by atoms with E-state index in [0.29, 0.717) is 48.0 Å². The fourth-order valence-corrected chi connectivity index (χ4v) is 4.12. The smallest absolute Gasteiger partial charge is 0.337 e. The zero-order valence-corrected chi connectivity index (χ0v) is 20.6. The fraction of sp³-hybridized carbons (Fsp3) is 0.179. The van der Waals surface area contributed by atoms with Gasteiger partial charge in [0.25, 0.3) is 5.91 Å². The fourth-order valence-electron chi connectivity index (χ4n) is 3.99. The lowest BCUT2D eigenvalue weighted by molar-refractivity contribution is -0.111. The summed E-state index contributed by atoms with van der Waals surface area (Å²) in [7, 11) is 1.31. The van der Waals surface area contributed by atoms with Crippen LogP contribution in [0.25, 0.3) is 6.08 Å². The molecule has 3 aromatic rings. The third-order valence-corrected chi connectivity index (χ3v) is 6.15. The van der Waals surface area contributed by atoms with Gasteiger partial charge in [0.2, 0.25) is 5.91 Å². The van der Waals surface area contributed by atoms with Crippen LogP contribution in [0.1, 0.15) is 26.3 Å². The molecular formula is C28H26ClN3O4. The number of nitrogens with one attached hydrogen (secondary N) is 1. The van der Waals surface area contributed by atoms with Gasteiger partial charge in [-0.3, -0.25) is 9.59 Å². The summed E-state index contributed by atoms with van der Waals surface area (Å²) in [6.45, 7) is 2.24. The number of ether oxygens (including phenoxy) is 1. The van der Waals surface area contributed by atoms with E-state index in [4.69, 9.17) is 16.3 Å². The number of carbonyl (C=O) groups excluding carboxylic acids is 3. The maximum absolute atomic E-state index is 12.8. The third-order valence-electron chi connectivity index (χ3n) is 5.90. The largest absolute Gasteiger partial charge is 0.465 e. The molecule has 4 rings (SSSR count). The Kier molecular flexibility index (Phi) is 8.02. The van der Waals surface area contributed by atoms with E-state index in [2.05, 4.69) is 10.2 Å². The first-order valence-electron chi connectivity index (χ1n) is 11.5. The molecule has 36 heavy (non-hydrogen) atoms. The van der Waals surface area contributed by atoms with Crippen molar-refractivity contribution in [3.63, 3.8) is 0 Å². The Labute approximate surface area is 214 Å². The van der Waals surface area contributed by atoms with Crippen LogP contribution in [0.3, 0.4) is 0 Å². The van der Waals surface area contributed by atoms with E-state index in [9.17, 15) is 14.4 Å². The molecule has 2 amide bonds. The Bertz CT molecular complexity index is 1270. The molecule has 1 aliphatic heterocycles. The molecule has 0 radical (unpaired) electrons. The number of piperazine rings is 1. The van der Waals surface area contributed by atoms with Crippen molar-refractivity contribution in [3.8, 4) is 0 Å². The maximum Gasteiger partial charge on any atom is 0.337 e. The van der Waals surface area contributed by atoms with Gasteiger partial charge >= 0.3 is 5.97 Å². The van der Waals surface area contributed by atoms with E-state index < -0.39 is 5.97 Å². The van der Waals surface area contributed by atoms with Crippen molar-refractivity contribution in [1.29, 1.82) is 0 Å². The highest BCUT2D eigenvalue weighted by Gasteiger charge is 2.24. The van der Waals surface area contributed by atoms with Crippen molar-refractivity contribution < 1.29 is 19.1 Å². The number of rotatable bonds is 6. The second kappa shape index (κ2) is 11.6. The number of amides is 2. The van der Waals surface area contributed by atoms with Crippen molar-refractivity contribution in [1.82, 2.24) is 4.90 Å². The molecule has 184 valence electrons. The van der Waals surface area contributed by atoms with Gasteiger partial charge in [-0.2, -0.15) is 0 Å². The van der Waals surface area contributed by atoms with Crippen LogP contribution in [-0.2, 0) is 9.53 Å². The monoisotopic (exact) mass is 503 g/mol. The molecule has 0 aromatic heterocycles. The van der Waals surface area contributed by atoms with Crippen molar-refractivity contribution >= 4 is 46.8 Å². The molecule has 0 bridgehead atoms. The number of anilines is 2. The van der Waals surface area contributed by atoms with Gasteiger partial charge in [-0.15, -0.1) is 0 Å². The van der Waals surface area contributed by atoms with Crippen LogP contribution in [0.15, 0.2) is 78.9 Å². The molecular weight excluding hydrogens is 478 g/mol. The van der Waals surface area contributed by atoms with Gasteiger partial charge in [0.15, 0.2) is 0 Å². The van der Waals surface area contributed by atoms with E-state index in [-0.39, 0.29) is 11.8 Å². The molecule has 0 aliphatic carbocycles. The van der Waals surface area contributed by atoms with Crippen LogP contribution in [0.2, 0.25) is 5.02 Å². The highest BCUT2D eigenvalue weighted by molar-refractivity contribution is 6.30. The standard InChI is InChI=1S/C28H26ClN3O4/c1-36-28(35)22-10-13-25(24(19-22)30-26(33)14-9-20-7-11-23(29)12-8-20)31-15-17-32(18-16-31)27(34)21-5-3-2-4-6-21/h2-14,19H,15-18H2,1H3,(H,30,33). The molecule has 3 aromatic carbocycles. The van der Waals surface area contributed by atoms with E-state index in [0.717, 1.165) is 11.3 Å². The second-order valence-corrected chi connectivity index (χ2v) is 8.68. The van der Waals surface area contributed by atoms with Gasteiger partial charge in [0, 0.05) is 42.8 Å². The molecule has 0 saturated carbocycles. The van der Waals surface area contributed by atoms with E-state index >= 15 is 0 Å². The van der Waals surface area contributed by atoms with Crippen LogP contribution < -0.4 is 10.2 Å². The lowest BCUT2D eigenvalue weighted by Gasteiger charge is -2.37. The van der Waals surface area contributed by atoms with E-state index in [1.165, 1.54) is 13.2 Å². The molecule has 0 atom stereocenters. The lowest BCUT2D eigenvalue weighted by atomic mass is 10.1. The molecule has 0 spiro atoms. The summed E-state index contributed by atoms with van der Waals surface area (Å²) in [6.07, 6.45) is 3.11. The number of hydrogen-bond acceptors (Lipinski definition) is 5. The molecule has 1 N–H and O–H groups in total. The van der Waals surface area contributed by atoms with E-state index in [1.807, 2.05) is 47.4 Å². The summed E-state index contributed by atoms with van der Waals surface area (Å²) in [6, 6.07) is 21.4. The Hall–Kier alpha value is -4.10. The molecule has 1 aliphatic rings. The quantitative estimate of drug-likeness (QED) is 0.388. The molecule has 1 heterocycles. The number of methoxy groups -OCH3 is 1. The Morgan fingerprint density at radius 3 is 2.25 bits per heavy atom. The topological polar surface area (TPSA) is 79.0 Å². The zero-order chi connectivity index (χ0) is 25.5. The van der Waals surface area contributed by atoms with Crippen molar-refractivity contribution in [2.45, 2.75) is 0 Å². The van der Waals surface area contributed by atoms with Gasteiger partial charge in [-0.25, -0.2) is 4.79 Å². The van der Waals surface area contributed by atoms with Gasteiger partial charge in [0.05, 0.1) is 24.0 Å². The highest BCUT2D eigenvalue weighted by atomic mass is 35.5. The molecule has 1 saturated heterocycles. The number of esters is 1. The van der Waals surface area contributed by atoms with E-state index in [1.54, 1.807) is 36.4 Å². The summed E-state index contributed by atoms with van der Waals surface area (Å²) in [5.74, 6) is -0.838. The summed E-state index contributed by atoms with van der Waals surface area (Å²) >= 11 is 5.92. The molecule has 1 fully saturated rings. The lowest BCUT2D eigenvalue weighted by Crippen LogP contribution is -2.49. The van der Waals surface area contributed by atoms with Crippen LogP contribution in [0, 0.1) is 0 Å².